The van der Waals surface area contributed by atoms with Crippen LogP contribution in [0.5, 0.6) is 0 Å². The molecule has 1 unspecified atom stereocenters. The molecule has 7 heteroatoms. The van der Waals surface area contributed by atoms with Crippen molar-refractivity contribution in [3.8, 4) is 0 Å². The van der Waals surface area contributed by atoms with E-state index in [1.165, 1.54) is 0 Å². The zero-order valence-electron chi connectivity index (χ0n) is 15.5. The van der Waals surface area contributed by atoms with E-state index in [0.29, 0.717) is 24.6 Å². The maximum absolute atomic E-state index is 12.3. The smallest absolute Gasteiger partial charge is 0.319 e. The minimum absolute atomic E-state index is 0.0144. The summed E-state index contributed by atoms with van der Waals surface area (Å²) in [4.78, 5) is 26.1. The lowest BCUT2D eigenvalue weighted by atomic mass is 10.0. The molecule has 2 aliphatic rings. The van der Waals surface area contributed by atoms with Crippen molar-refractivity contribution in [1.29, 1.82) is 0 Å². The quantitative estimate of drug-likeness (QED) is 0.731. The Labute approximate surface area is 169 Å². The number of fused-ring (bicyclic) bond motifs is 1. The minimum Gasteiger partial charge on any atom is -0.371 e. The maximum atomic E-state index is 12.3. The van der Waals surface area contributed by atoms with E-state index in [1.54, 1.807) is 0 Å². The third kappa shape index (κ3) is 4.39. The molecular formula is C21H23ClN4O2. The number of anilines is 3. The number of nitrogens with one attached hydrogen (secondary N) is 3. The molecule has 2 aromatic rings. The highest BCUT2D eigenvalue weighted by atomic mass is 35.5. The van der Waals surface area contributed by atoms with E-state index in [2.05, 4.69) is 20.9 Å². The second kappa shape index (κ2) is 8.10. The van der Waals surface area contributed by atoms with Crippen LogP contribution in [0, 0.1) is 5.92 Å². The average Bonchev–Trinajstić information content (AvgIpc) is 3.16. The number of halogens is 1. The molecule has 4 rings (SSSR count). The first-order chi connectivity index (χ1) is 13.6. The molecule has 6 nitrogen and oxygen atoms in total. The molecule has 2 aliphatic heterocycles. The molecule has 0 aromatic heterocycles. The number of hydrogen-bond donors (Lipinski definition) is 3. The number of benzene rings is 2. The van der Waals surface area contributed by atoms with Crippen molar-refractivity contribution in [2.24, 2.45) is 5.92 Å². The van der Waals surface area contributed by atoms with Gasteiger partial charge in [-0.1, -0.05) is 17.7 Å². The van der Waals surface area contributed by atoms with Crippen molar-refractivity contribution in [2.75, 3.05) is 35.2 Å². The van der Waals surface area contributed by atoms with E-state index >= 15 is 0 Å². The van der Waals surface area contributed by atoms with Gasteiger partial charge in [-0.25, -0.2) is 4.79 Å². The van der Waals surface area contributed by atoms with Gasteiger partial charge in [-0.3, -0.25) is 4.79 Å². The van der Waals surface area contributed by atoms with Crippen LogP contribution >= 0.6 is 11.6 Å². The molecule has 0 aliphatic carbocycles. The Morgan fingerprint density at radius 3 is 2.82 bits per heavy atom. The summed E-state index contributed by atoms with van der Waals surface area (Å²) in [5, 5.41) is 9.39. The maximum Gasteiger partial charge on any atom is 0.319 e. The van der Waals surface area contributed by atoms with Gasteiger partial charge in [0.25, 0.3) is 0 Å². The van der Waals surface area contributed by atoms with Crippen LogP contribution in [0.4, 0.5) is 21.9 Å². The molecule has 2 aromatic carbocycles. The van der Waals surface area contributed by atoms with Crippen molar-refractivity contribution in [3.05, 3.63) is 53.1 Å². The molecule has 0 bridgehead atoms. The zero-order chi connectivity index (χ0) is 19.5. The fraction of sp³-hybridized carbons (Fsp3) is 0.333. The van der Waals surface area contributed by atoms with Crippen LogP contribution in [0.1, 0.15) is 18.4 Å². The summed E-state index contributed by atoms with van der Waals surface area (Å²) < 4.78 is 0. The summed E-state index contributed by atoms with van der Waals surface area (Å²) in [5.41, 5.74) is 3.71. The van der Waals surface area contributed by atoms with Crippen molar-refractivity contribution >= 4 is 40.6 Å². The standard InChI is InChI=1S/C21H23ClN4O2/c22-16-3-6-18(7-4-16)26-10-9-14(13-26)12-23-21(28)24-17-5-1-15-2-8-20(27)25-19(15)11-17/h1,3-7,11,14H,2,8-10,12-13H2,(H,25,27)(H2,23,24,28). The second-order valence-electron chi connectivity index (χ2n) is 7.33. The van der Waals surface area contributed by atoms with Gasteiger partial charge in [0.15, 0.2) is 0 Å². The Hall–Kier alpha value is -2.73. The van der Waals surface area contributed by atoms with E-state index in [0.717, 1.165) is 47.9 Å². The molecule has 1 atom stereocenters. The van der Waals surface area contributed by atoms with Crippen molar-refractivity contribution in [3.63, 3.8) is 0 Å². The zero-order valence-corrected chi connectivity index (χ0v) is 16.3. The number of hydrogen-bond acceptors (Lipinski definition) is 3. The van der Waals surface area contributed by atoms with Gasteiger partial charge in [0, 0.05) is 48.1 Å². The summed E-state index contributed by atoms with van der Waals surface area (Å²) in [6, 6.07) is 13.3. The van der Waals surface area contributed by atoms with Gasteiger partial charge in [-0.05, 0) is 60.7 Å². The Morgan fingerprint density at radius 1 is 1.18 bits per heavy atom. The molecule has 28 heavy (non-hydrogen) atoms. The summed E-state index contributed by atoms with van der Waals surface area (Å²) >= 11 is 5.95. The van der Waals surface area contributed by atoms with Crippen LogP contribution in [-0.4, -0.2) is 31.6 Å². The average molecular weight is 399 g/mol. The molecule has 0 saturated carbocycles. The molecule has 0 spiro atoms. The summed E-state index contributed by atoms with van der Waals surface area (Å²) in [6.07, 6.45) is 2.28. The lowest BCUT2D eigenvalue weighted by Crippen LogP contribution is -2.34. The Balaban J connectivity index is 1.26. The SMILES string of the molecule is O=C1CCc2ccc(NC(=O)NCC3CCN(c4ccc(Cl)cc4)C3)cc2N1. The number of nitrogens with zero attached hydrogens (tertiary/aromatic N) is 1. The van der Waals surface area contributed by atoms with Gasteiger partial charge in [0.05, 0.1) is 0 Å². The number of urea groups is 1. The molecule has 1 fully saturated rings. The minimum atomic E-state index is -0.230. The first-order valence-electron chi connectivity index (χ1n) is 9.55. The number of amides is 3. The number of carbonyl (C=O) groups is 2. The van der Waals surface area contributed by atoms with Crippen molar-refractivity contribution < 1.29 is 9.59 Å². The van der Waals surface area contributed by atoms with E-state index in [-0.39, 0.29) is 11.9 Å². The van der Waals surface area contributed by atoms with Gasteiger partial charge in [0.2, 0.25) is 5.91 Å². The normalized spacial score (nSPS) is 18.4. The molecule has 1 saturated heterocycles. The van der Waals surface area contributed by atoms with E-state index in [1.807, 2.05) is 42.5 Å². The largest absolute Gasteiger partial charge is 0.371 e. The predicted molar refractivity (Wildman–Crippen MR) is 112 cm³/mol. The van der Waals surface area contributed by atoms with Gasteiger partial charge in [0.1, 0.15) is 0 Å². The first-order valence-corrected chi connectivity index (χ1v) is 9.93. The van der Waals surface area contributed by atoms with Crippen molar-refractivity contribution in [1.82, 2.24) is 5.32 Å². The number of aryl methyl sites for hydroxylation is 1. The molecule has 3 N–H and O–H groups in total. The fourth-order valence-corrected chi connectivity index (χ4v) is 3.87. The monoisotopic (exact) mass is 398 g/mol. The van der Waals surface area contributed by atoms with Crippen LogP contribution in [0.3, 0.4) is 0 Å². The van der Waals surface area contributed by atoms with Gasteiger partial charge < -0.3 is 20.9 Å². The molecule has 3 amide bonds. The van der Waals surface area contributed by atoms with Gasteiger partial charge in [-0.15, -0.1) is 0 Å². The molecular weight excluding hydrogens is 376 g/mol. The first kappa shape index (κ1) is 18.6. The highest BCUT2D eigenvalue weighted by Gasteiger charge is 2.23. The van der Waals surface area contributed by atoms with Gasteiger partial charge >= 0.3 is 6.03 Å². The van der Waals surface area contributed by atoms with Crippen LogP contribution in [0.25, 0.3) is 0 Å². The van der Waals surface area contributed by atoms with Gasteiger partial charge in [-0.2, -0.15) is 0 Å². The highest BCUT2D eigenvalue weighted by molar-refractivity contribution is 6.30. The molecule has 2 heterocycles. The molecule has 146 valence electrons. The topological polar surface area (TPSA) is 73.5 Å². The second-order valence-corrected chi connectivity index (χ2v) is 7.77. The number of carbonyl (C=O) groups excluding carboxylic acids is 2. The summed E-state index contributed by atoms with van der Waals surface area (Å²) in [5.74, 6) is 0.421. The number of rotatable bonds is 4. The summed E-state index contributed by atoms with van der Waals surface area (Å²) in [7, 11) is 0. The van der Waals surface area contributed by atoms with Crippen molar-refractivity contribution in [2.45, 2.75) is 19.3 Å². The van der Waals surface area contributed by atoms with E-state index < -0.39 is 0 Å². The van der Waals surface area contributed by atoms with E-state index in [9.17, 15) is 9.59 Å². The Morgan fingerprint density at radius 2 is 2.00 bits per heavy atom. The third-order valence-corrected chi connectivity index (χ3v) is 5.54. The lowest BCUT2D eigenvalue weighted by Gasteiger charge is -2.19. The fourth-order valence-electron chi connectivity index (χ4n) is 3.75. The Bertz CT molecular complexity index is 884. The lowest BCUT2D eigenvalue weighted by molar-refractivity contribution is -0.116. The Kier molecular flexibility index (Phi) is 5.39. The van der Waals surface area contributed by atoms with Crippen LogP contribution in [0.2, 0.25) is 5.02 Å². The van der Waals surface area contributed by atoms with Crippen LogP contribution in [0.15, 0.2) is 42.5 Å². The van der Waals surface area contributed by atoms with Crippen LogP contribution < -0.4 is 20.9 Å². The van der Waals surface area contributed by atoms with E-state index in [4.69, 9.17) is 11.6 Å². The van der Waals surface area contributed by atoms with Crippen LogP contribution in [-0.2, 0) is 11.2 Å². The molecule has 0 radical (unpaired) electrons. The summed E-state index contributed by atoms with van der Waals surface area (Å²) in [6.45, 7) is 2.50. The third-order valence-electron chi connectivity index (χ3n) is 5.29. The highest BCUT2D eigenvalue weighted by Crippen LogP contribution is 2.26. The predicted octanol–water partition coefficient (Wildman–Crippen LogP) is 3.87.